The molecule has 0 fully saturated rings. The van der Waals surface area contributed by atoms with Crippen LogP contribution in [-0.2, 0) is 13.2 Å². The molecule has 0 aliphatic rings. The lowest BCUT2D eigenvalue weighted by Gasteiger charge is -2.01. The standard InChI is InChI=1S/C9H11N3O/c1-2-12-8-3-4-10-5-7(8)11-9(12)6-13/h3-5,13H,2,6H2,1H3. The quantitative estimate of drug-likeness (QED) is 0.742. The van der Waals surface area contributed by atoms with Crippen molar-refractivity contribution in [3.63, 3.8) is 0 Å². The first-order chi connectivity index (χ1) is 6.36. The third-order valence-corrected chi connectivity index (χ3v) is 2.09. The molecule has 2 aromatic heterocycles. The van der Waals surface area contributed by atoms with Gasteiger partial charge in [-0.15, -0.1) is 0 Å². The number of pyridine rings is 1. The zero-order valence-corrected chi connectivity index (χ0v) is 7.44. The molecule has 0 radical (unpaired) electrons. The number of nitrogens with zero attached hydrogens (tertiary/aromatic N) is 3. The Kier molecular flexibility index (Phi) is 1.98. The van der Waals surface area contributed by atoms with Crippen molar-refractivity contribution in [1.82, 2.24) is 14.5 Å². The minimum absolute atomic E-state index is 0.0253. The van der Waals surface area contributed by atoms with Gasteiger partial charge in [0.05, 0.1) is 11.7 Å². The van der Waals surface area contributed by atoms with Gasteiger partial charge in [-0.1, -0.05) is 0 Å². The van der Waals surface area contributed by atoms with Gasteiger partial charge in [0, 0.05) is 12.7 Å². The van der Waals surface area contributed by atoms with Gasteiger partial charge in [-0.25, -0.2) is 4.98 Å². The number of aromatic nitrogens is 3. The number of fused-ring (bicyclic) bond motifs is 1. The molecule has 0 amide bonds. The number of aliphatic hydroxyl groups excluding tert-OH is 1. The molecule has 0 aromatic carbocycles. The maximum atomic E-state index is 9.05. The summed E-state index contributed by atoms with van der Waals surface area (Å²) < 4.78 is 1.98. The third-order valence-electron chi connectivity index (χ3n) is 2.09. The normalized spacial score (nSPS) is 10.9. The molecule has 0 atom stereocenters. The fourth-order valence-electron chi connectivity index (χ4n) is 1.51. The average molecular weight is 177 g/mol. The van der Waals surface area contributed by atoms with Crippen molar-refractivity contribution in [2.45, 2.75) is 20.1 Å². The molecule has 0 unspecified atom stereocenters. The topological polar surface area (TPSA) is 50.9 Å². The predicted molar refractivity (Wildman–Crippen MR) is 49.1 cm³/mol. The highest BCUT2D eigenvalue weighted by Gasteiger charge is 2.06. The summed E-state index contributed by atoms with van der Waals surface area (Å²) in [4.78, 5) is 8.23. The van der Waals surface area contributed by atoms with Crippen LogP contribution in [0.3, 0.4) is 0 Å². The summed E-state index contributed by atoms with van der Waals surface area (Å²) in [5.74, 6) is 0.700. The average Bonchev–Trinajstić information content (AvgIpc) is 2.55. The van der Waals surface area contributed by atoms with E-state index < -0.39 is 0 Å². The van der Waals surface area contributed by atoms with E-state index in [0.717, 1.165) is 17.6 Å². The Bertz CT molecular complexity index is 422. The highest BCUT2D eigenvalue weighted by atomic mass is 16.3. The molecule has 0 saturated carbocycles. The van der Waals surface area contributed by atoms with Crippen molar-refractivity contribution >= 4 is 11.0 Å². The largest absolute Gasteiger partial charge is 0.388 e. The van der Waals surface area contributed by atoms with Crippen LogP contribution in [0.25, 0.3) is 11.0 Å². The lowest BCUT2D eigenvalue weighted by atomic mass is 10.4. The molecule has 68 valence electrons. The number of imidazole rings is 1. The number of aryl methyl sites for hydroxylation is 1. The molecular weight excluding hydrogens is 166 g/mol. The molecule has 4 heteroatoms. The van der Waals surface area contributed by atoms with E-state index in [1.165, 1.54) is 0 Å². The van der Waals surface area contributed by atoms with Gasteiger partial charge in [-0.2, -0.15) is 0 Å². The number of rotatable bonds is 2. The van der Waals surface area contributed by atoms with Gasteiger partial charge in [0.2, 0.25) is 0 Å². The summed E-state index contributed by atoms with van der Waals surface area (Å²) in [6, 6.07) is 1.91. The minimum Gasteiger partial charge on any atom is -0.388 e. The van der Waals surface area contributed by atoms with Gasteiger partial charge >= 0.3 is 0 Å². The van der Waals surface area contributed by atoms with E-state index in [9.17, 15) is 0 Å². The van der Waals surface area contributed by atoms with E-state index in [0.29, 0.717) is 5.82 Å². The van der Waals surface area contributed by atoms with Crippen molar-refractivity contribution in [3.05, 3.63) is 24.3 Å². The summed E-state index contributed by atoms with van der Waals surface area (Å²) in [6.45, 7) is 2.82. The number of hydrogen-bond acceptors (Lipinski definition) is 3. The summed E-state index contributed by atoms with van der Waals surface area (Å²) >= 11 is 0. The Morgan fingerprint density at radius 1 is 1.54 bits per heavy atom. The maximum absolute atomic E-state index is 9.05. The van der Waals surface area contributed by atoms with Gasteiger partial charge < -0.3 is 9.67 Å². The Hall–Kier alpha value is -1.42. The fraction of sp³-hybridized carbons (Fsp3) is 0.333. The van der Waals surface area contributed by atoms with E-state index in [2.05, 4.69) is 9.97 Å². The highest BCUT2D eigenvalue weighted by Crippen LogP contribution is 2.14. The molecule has 2 rings (SSSR count). The Balaban J connectivity index is 2.73. The highest BCUT2D eigenvalue weighted by molar-refractivity contribution is 5.74. The molecule has 0 aliphatic carbocycles. The van der Waals surface area contributed by atoms with Gasteiger partial charge in [0.15, 0.2) is 0 Å². The summed E-state index contributed by atoms with van der Waals surface area (Å²) in [5, 5.41) is 9.05. The molecule has 2 aromatic rings. The monoisotopic (exact) mass is 177 g/mol. The fourth-order valence-corrected chi connectivity index (χ4v) is 1.51. The van der Waals surface area contributed by atoms with Crippen LogP contribution in [0.4, 0.5) is 0 Å². The van der Waals surface area contributed by atoms with Crippen molar-refractivity contribution in [3.8, 4) is 0 Å². The van der Waals surface area contributed by atoms with E-state index in [4.69, 9.17) is 5.11 Å². The molecule has 13 heavy (non-hydrogen) atoms. The van der Waals surface area contributed by atoms with Crippen molar-refractivity contribution < 1.29 is 5.11 Å². The smallest absolute Gasteiger partial charge is 0.135 e. The minimum atomic E-state index is -0.0253. The van der Waals surface area contributed by atoms with Crippen LogP contribution in [0.2, 0.25) is 0 Å². The van der Waals surface area contributed by atoms with Gasteiger partial charge in [0.25, 0.3) is 0 Å². The molecule has 0 spiro atoms. The second-order valence-electron chi connectivity index (χ2n) is 2.79. The SMILES string of the molecule is CCn1c(CO)nc2cnccc21. The van der Waals surface area contributed by atoms with E-state index in [1.807, 2.05) is 17.6 Å². The molecule has 4 nitrogen and oxygen atoms in total. The van der Waals surface area contributed by atoms with Gasteiger partial charge in [0.1, 0.15) is 17.9 Å². The summed E-state index contributed by atoms with van der Waals surface area (Å²) in [7, 11) is 0. The molecule has 1 N–H and O–H groups in total. The van der Waals surface area contributed by atoms with Crippen LogP contribution in [0.1, 0.15) is 12.7 Å². The lowest BCUT2D eigenvalue weighted by molar-refractivity contribution is 0.266. The Morgan fingerprint density at radius 2 is 2.38 bits per heavy atom. The van der Waals surface area contributed by atoms with Crippen LogP contribution >= 0.6 is 0 Å². The maximum Gasteiger partial charge on any atom is 0.135 e. The van der Waals surface area contributed by atoms with Crippen LogP contribution in [0.5, 0.6) is 0 Å². The first-order valence-electron chi connectivity index (χ1n) is 4.26. The Morgan fingerprint density at radius 3 is 3.08 bits per heavy atom. The molecule has 0 aliphatic heterocycles. The molecule has 0 bridgehead atoms. The van der Waals surface area contributed by atoms with Gasteiger partial charge in [-0.05, 0) is 13.0 Å². The third kappa shape index (κ3) is 1.19. The zero-order chi connectivity index (χ0) is 9.26. The lowest BCUT2D eigenvalue weighted by Crippen LogP contribution is -2.00. The van der Waals surface area contributed by atoms with Crippen molar-refractivity contribution in [2.75, 3.05) is 0 Å². The van der Waals surface area contributed by atoms with Gasteiger partial charge in [-0.3, -0.25) is 4.98 Å². The van der Waals surface area contributed by atoms with Crippen LogP contribution in [0, 0.1) is 0 Å². The number of hydrogen-bond donors (Lipinski definition) is 1. The summed E-state index contributed by atoms with van der Waals surface area (Å²) in [5.41, 5.74) is 1.87. The van der Waals surface area contributed by atoms with Crippen LogP contribution in [-0.4, -0.2) is 19.6 Å². The van der Waals surface area contributed by atoms with Crippen molar-refractivity contribution in [1.29, 1.82) is 0 Å². The first kappa shape index (κ1) is 8.19. The second-order valence-corrected chi connectivity index (χ2v) is 2.79. The van der Waals surface area contributed by atoms with E-state index >= 15 is 0 Å². The molecular formula is C9H11N3O. The molecule has 2 heterocycles. The van der Waals surface area contributed by atoms with Crippen LogP contribution in [0.15, 0.2) is 18.5 Å². The zero-order valence-electron chi connectivity index (χ0n) is 7.44. The Labute approximate surface area is 75.9 Å². The summed E-state index contributed by atoms with van der Waals surface area (Å²) in [6.07, 6.45) is 3.44. The van der Waals surface area contributed by atoms with E-state index in [1.54, 1.807) is 12.4 Å². The van der Waals surface area contributed by atoms with Crippen LogP contribution < -0.4 is 0 Å². The predicted octanol–water partition coefficient (Wildman–Crippen LogP) is 0.944. The first-order valence-corrected chi connectivity index (χ1v) is 4.26. The second kappa shape index (κ2) is 3.14. The van der Waals surface area contributed by atoms with E-state index in [-0.39, 0.29) is 6.61 Å². The molecule has 0 saturated heterocycles. The van der Waals surface area contributed by atoms with Crippen molar-refractivity contribution in [2.24, 2.45) is 0 Å². The number of aliphatic hydroxyl groups is 1.